The normalized spacial score (nSPS) is 12.3. The average Bonchev–Trinajstić information content (AvgIpc) is 3.05. The Kier molecular flexibility index (Phi) is 9.95. The molecule has 1 amide bonds. The second-order valence-electron chi connectivity index (χ2n) is 8.59. The molecule has 172 valence electrons. The summed E-state index contributed by atoms with van der Waals surface area (Å²) < 4.78 is 7.42. The maximum atomic E-state index is 12.6. The quantitative estimate of drug-likeness (QED) is 0.345. The number of imidazole rings is 1. The Hall–Kier alpha value is -2.44. The predicted octanol–water partition coefficient (Wildman–Crippen LogP) is 4.52. The molecule has 2 rings (SSSR count). The van der Waals surface area contributed by atoms with E-state index in [1.54, 1.807) is 25.1 Å². The van der Waals surface area contributed by atoms with Crippen LogP contribution in [0.4, 0.5) is 0 Å². The summed E-state index contributed by atoms with van der Waals surface area (Å²) in [5.74, 6) is 1.06. The Morgan fingerprint density at radius 1 is 1.16 bits per heavy atom. The predicted molar refractivity (Wildman–Crippen MR) is 123 cm³/mol. The first-order chi connectivity index (χ1) is 14.8. The Labute approximate surface area is 186 Å². The molecule has 0 aliphatic heterocycles. The zero-order valence-corrected chi connectivity index (χ0v) is 19.8. The first kappa shape index (κ1) is 24.8. The third kappa shape index (κ3) is 7.33. The van der Waals surface area contributed by atoms with Crippen LogP contribution in [0.3, 0.4) is 0 Å². The highest BCUT2D eigenvalue weighted by atomic mass is 16.5. The second kappa shape index (κ2) is 12.4. The number of carbonyl (C=O) groups excluding carboxylic acids is 2. The van der Waals surface area contributed by atoms with E-state index >= 15 is 0 Å². The minimum Gasteiger partial charge on any atom is -0.464 e. The molecule has 2 aromatic rings. The lowest BCUT2D eigenvalue weighted by Crippen LogP contribution is -2.44. The van der Waals surface area contributed by atoms with Crippen LogP contribution in [-0.4, -0.2) is 51.0 Å². The number of hydrogen-bond acceptors (Lipinski definition) is 5. The van der Waals surface area contributed by atoms with Gasteiger partial charge < -0.3 is 14.2 Å². The summed E-state index contributed by atoms with van der Waals surface area (Å²) in [6, 6.07) is 1.52. The standard InChI is InChI=1S/C24H38N4O3/c1-6-31-24(30)22(16-18(2)3)27(5)23(29)12-10-8-7-9-11-15-28-19(4)26-20-17-25-14-13-21(20)28/h13-14,17-18,22H,6-12,15-16H2,1-5H3/t22-/m0/s1. The highest BCUT2D eigenvalue weighted by Crippen LogP contribution is 2.17. The Bertz CT molecular complexity index is 846. The topological polar surface area (TPSA) is 77.3 Å². The van der Waals surface area contributed by atoms with Gasteiger partial charge >= 0.3 is 5.97 Å². The van der Waals surface area contributed by atoms with Crippen molar-refractivity contribution in [3.63, 3.8) is 0 Å². The van der Waals surface area contributed by atoms with Crippen LogP contribution >= 0.6 is 0 Å². The molecular weight excluding hydrogens is 392 g/mol. The number of aryl methyl sites for hydroxylation is 2. The number of ether oxygens (including phenoxy) is 1. The van der Waals surface area contributed by atoms with Crippen molar-refractivity contribution in [1.82, 2.24) is 19.4 Å². The van der Waals surface area contributed by atoms with Crippen LogP contribution in [0.15, 0.2) is 18.5 Å². The Morgan fingerprint density at radius 3 is 2.58 bits per heavy atom. The number of hydrogen-bond donors (Lipinski definition) is 0. The monoisotopic (exact) mass is 430 g/mol. The number of unbranched alkanes of at least 4 members (excludes halogenated alkanes) is 4. The number of carbonyl (C=O) groups is 2. The molecule has 0 N–H and O–H groups in total. The maximum absolute atomic E-state index is 12.6. The van der Waals surface area contributed by atoms with Crippen molar-refractivity contribution in [3.05, 3.63) is 24.3 Å². The molecular formula is C24H38N4O3. The van der Waals surface area contributed by atoms with Gasteiger partial charge in [-0.25, -0.2) is 9.78 Å². The van der Waals surface area contributed by atoms with E-state index in [2.05, 4.69) is 28.4 Å². The molecule has 7 nitrogen and oxygen atoms in total. The molecule has 0 saturated heterocycles. The van der Waals surface area contributed by atoms with E-state index in [1.807, 2.05) is 19.2 Å². The van der Waals surface area contributed by atoms with Crippen LogP contribution in [0.5, 0.6) is 0 Å². The first-order valence-corrected chi connectivity index (χ1v) is 11.5. The number of amides is 1. The van der Waals surface area contributed by atoms with Gasteiger partial charge in [0.15, 0.2) is 0 Å². The van der Waals surface area contributed by atoms with Crippen molar-refractivity contribution in [2.24, 2.45) is 5.92 Å². The van der Waals surface area contributed by atoms with Crippen molar-refractivity contribution in [2.75, 3.05) is 13.7 Å². The lowest BCUT2D eigenvalue weighted by molar-refractivity contribution is -0.154. The van der Waals surface area contributed by atoms with Gasteiger partial charge in [-0.1, -0.05) is 33.1 Å². The van der Waals surface area contributed by atoms with Gasteiger partial charge in [0.1, 0.15) is 17.4 Å². The molecule has 0 aromatic carbocycles. The Morgan fingerprint density at radius 2 is 1.87 bits per heavy atom. The van der Waals surface area contributed by atoms with Gasteiger partial charge in [-0.15, -0.1) is 0 Å². The molecule has 1 atom stereocenters. The molecule has 31 heavy (non-hydrogen) atoms. The number of esters is 1. The molecule has 0 spiro atoms. The summed E-state index contributed by atoms with van der Waals surface area (Å²) in [4.78, 5) is 35.1. The third-order valence-corrected chi connectivity index (χ3v) is 5.63. The van der Waals surface area contributed by atoms with Gasteiger partial charge in [-0.3, -0.25) is 9.78 Å². The van der Waals surface area contributed by atoms with E-state index in [1.165, 1.54) is 0 Å². The molecule has 0 bridgehead atoms. The minimum absolute atomic E-state index is 0.0211. The fourth-order valence-corrected chi connectivity index (χ4v) is 3.91. The number of rotatable bonds is 13. The molecule has 2 aromatic heterocycles. The van der Waals surface area contributed by atoms with Gasteiger partial charge in [0.2, 0.25) is 5.91 Å². The summed E-state index contributed by atoms with van der Waals surface area (Å²) in [5.41, 5.74) is 2.08. The lowest BCUT2D eigenvalue weighted by Gasteiger charge is -2.27. The van der Waals surface area contributed by atoms with E-state index in [0.717, 1.165) is 55.5 Å². The van der Waals surface area contributed by atoms with Gasteiger partial charge in [0.25, 0.3) is 0 Å². The number of fused-ring (bicyclic) bond motifs is 1. The van der Waals surface area contributed by atoms with Crippen LogP contribution in [0.2, 0.25) is 0 Å². The van der Waals surface area contributed by atoms with E-state index in [0.29, 0.717) is 25.4 Å². The number of aromatic nitrogens is 3. The van der Waals surface area contributed by atoms with Crippen molar-refractivity contribution >= 4 is 22.9 Å². The Balaban J connectivity index is 1.69. The molecule has 2 heterocycles. The van der Waals surface area contributed by atoms with Crippen molar-refractivity contribution in [2.45, 2.75) is 85.2 Å². The SMILES string of the molecule is CCOC(=O)[C@H](CC(C)C)N(C)C(=O)CCCCCCCn1c(C)nc2cnccc21. The summed E-state index contributed by atoms with van der Waals surface area (Å²) in [5, 5.41) is 0. The van der Waals surface area contributed by atoms with Crippen molar-refractivity contribution in [1.29, 1.82) is 0 Å². The molecule has 0 radical (unpaired) electrons. The van der Waals surface area contributed by atoms with Crippen molar-refractivity contribution < 1.29 is 14.3 Å². The van der Waals surface area contributed by atoms with Gasteiger partial charge in [0.05, 0.1) is 18.3 Å². The van der Waals surface area contributed by atoms with Gasteiger partial charge in [-0.05, 0) is 45.1 Å². The molecule has 0 saturated carbocycles. The molecule has 7 heteroatoms. The molecule has 0 unspecified atom stereocenters. The summed E-state index contributed by atoms with van der Waals surface area (Å²) in [6.07, 6.45) is 9.87. The van der Waals surface area contributed by atoms with E-state index < -0.39 is 6.04 Å². The average molecular weight is 431 g/mol. The number of likely N-dealkylation sites (N-methyl/N-ethyl adjacent to an activating group) is 1. The highest BCUT2D eigenvalue weighted by Gasteiger charge is 2.28. The summed E-state index contributed by atoms with van der Waals surface area (Å²) in [6.45, 7) is 9.21. The summed E-state index contributed by atoms with van der Waals surface area (Å²) >= 11 is 0. The van der Waals surface area contributed by atoms with E-state index in [4.69, 9.17) is 4.74 Å². The van der Waals surface area contributed by atoms with Crippen LogP contribution in [0, 0.1) is 12.8 Å². The third-order valence-electron chi connectivity index (χ3n) is 5.63. The van der Waals surface area contributed by atoms with Crippen molar-refractivity contribution in [3.8, 4) is 0 Å². The van der Waals surface area contributed by atoms with Crippen LogP contribution in [0.25, 0.3) is 11.0 Å². The van der Waals surface area contributed by atoms with Gasteiger partial charge in [0, 0.05) is 26.2 Å². The molecule has 0 aliphatic rings. The minimum atomic E-state index is -0.490. The number of nitrogens with zero attached hydrogens (tertiary/aromatic N) is 4. The van der Waals surface area contributed by atoms with E-state index in [9.17, 15) is 9.59 Å². The zero-order valence-electron chi connectivity index (χ0n) is 19.8. The smallest absolute Gasteiger partial charge is 0.328 e. The summed E-state index contributed by atoms with van der Waals surface area (Å²) in [7, 11) is 1.72. The largest absolute Gasteiger partial charge is 0.464 e. The molecule has 0 fully saturated rings. The highest BCUT2D eigenvalue weighted by molar-refractivity contribution is 5.84. The van der Waals surface area contributed by atoms with E-state index in [-0.39, 0.29) is 11.9 Å². The fraction of sp³-hybridized carbons (Fsp3) is 0.667. The number of pyridine rings is 1. The van der Waals surface area contributed by atoms with Crippen LogP contribution < -0.4 is 0 Å². The maximum Gasteiger partial charge on any atom is 0.328 e. The van der Waals surface area contributed by atoms with Gasteiger partial charge in [-0.2, -0.15) is 0 Å². The molecule has 0 aliphatic carbocycles. The fourth-order valence-electron chi connectivity index (χ4n) is 3.91. The lowest BCUT2D eigenvalue weighted by atomic mass is 10.0. The second-order valence-corrected chi connectivity index (χ2v) is 8.59. The van der Waals surface area contributed by atoms with Crippen LogP contribution in [0.1, 0.15) is 71.5 Å². The van der Waals surface area contributed by atoms with Crippen LogP contribution in [-0.2, 0) is 20.9 Å². The zero-order chi connectivity index (χ0) is 22.8. The first-order valence-electron chi connectivity index (χ1n) is 11.5.